The number of fused-ring (bicyclic) bond motifs is 8. The molecule has 0 N–H and O–H groups in total. The van der Waals surface area contributed by atoms with E-state index < -0.39 is 0 Å². The van der Waals surface area contributed by atoms with E-state index in [-0.39, 0.29) is 0 Å². The van der Waals surface area contributed by atoms with Crippen LogP contribution in [0.2, 0.25) is 0 Å². The van der Waals surface area contributed by atoms with E-state index in [0.29, 0.717) is 0 Å². The molecule has 0 fully saturated rings. The lowest BCUT2D eigenvalue weighted by atomic mass is 9.84. The lowest BCUT2D eigenvalue weighted by Crippen LogP contribution is -1.92. The van der Waals surface area contributed by atoms with Gasteiger partial charge in [-0.05, 0) is 78.8 Å². The fourth-order valence-corrected chi connectivity index (χ4v) is 7.87. The van der Waals surface area contributed by atoms with Crippen molar-refractivity contribution in [3.8, 4) is 22.3 Å². The van der Waals surface area contributed by atoms with E-state index in [1.165, 1.54) is 80.1 Å². The van der Waals surface area contributed by atoms with E-state index in [1.807, 2.05) is 11.3 Å². The molecule has 9 rings (SSSR count). The van der Waals surface area contributed by atoms with Crippen LogP contribution in [0.1, 0.15) is 0 Å². The van der Waals surface area contributed by atoms with Gasteiger partial charge in [0.1, 0.15) is 5.58 Å². The van der Waals surface area contributed by atoms with Crippen LogP contribution in [0.3, 0.4) is 0 Å². The van der Waals surface area contributed by atoms with E-state index in [4.69, 9.17) is 4.42 Å². The Morgan fingerprint density at radius 2 is 0.975 bits per heavy atom. The first-order valence-electron chi connectivity index (χ1n) is 13.6. The lowest BCUT2D eigenvalue weighted by Gasteiger charge is -2.19. The summed E-state index contributed by atoms with van der Waals surface area (Å²) in [4.78, 5) is 0. The third-order valence-electron chi connectivity index (χ3n) is 8.35. The highest BCUT2D eigenvalue weighted by Crippen LogP contribution is 2.49. The van der Waals surface area contributed by atoms with Crippen LogP contribution in [-0.2, 0) is 0 Å². The predicted octanol–water partition coefficient (Wildman–Crippen LogP) is 11.6. The molecular formula is C38H22OS. The zero-order valence-electron chi connectivity index (χ0n) is 21.5. The number of benzene rings is 7. The number of rotatable bonds is 2. The third-order valence-corrected chi connectivity index (χ3v) is 9.47. The monoisotopic (exact) mass is 526 g/mol. The number of hydrogen-bond acceptors (Lipinski definition) is 2. The molecule has 186 valence electrons. The van der Waals surface area contributed by atoms with Gasteiger partial charge in [0, 0.05) is 25.6 Å². The van der Waals surface area contributed by atoms with E-state index in [0.717, 1.165) is 5.58 Å². The van der Waals surface area contributed by atoms with Gasteiger partial charge in [-0.3, -0.25) is 0 Å². The Hall–Kier alpha value is -4.92. The summed E-state index contributed by atoms with van der Waals surface area (Å²) in [7, 11) is 0. The molecule has 0 aliphatic rings. The van der Waals surface area contributed by atoms with Crippen molar-refractivity contribution in [3.63, 3.8) is 0 Å². The van der Waals surface area contributed by atoms with Crippen LogP contribution in [0.4, 0.5) is 0 Å². The summed E-state index contributed by atoms with van der Waals surface area (Å²) in [6, 6.07) is 46.4. The van der Waals surface area contributed by atoms with Gasteiger partial charge in [0.15, 0.2) is 0 Å². The highest BCUT2D eigenvalue weighted by molar-refractivity contribution is 7.26. The van der Waals surface area contributed by atoms with Crippen molar-refractivity contribution in [2.45, 2.75) is 0 Å². The molecule has 0 saturated carbocycles. The Morgan fingerprint density at radius 3 is 1.73 bits per heavy atom. The minimum Gasteiger partial charge on any atom is -0.464 e. The van der Waals surface area contributed by atoms with Crippen LogP contribution in [-0.4, -0.2) is 0 Å². The quantitative estimate of drug-likeness (QED) is 0.204. The lowest BCUT2D eigenvalue weighted by molar-refractivity contribution is 0.616. The summed E-state index contributed by atoms with van der Waals surface area (Å²) in [5.74, 6) is 0. The van der Waals surface area contributed by atoms with E-state index in [1.54, 1.807) is 6.26 Å². The molecule has 2 aromatic heterocycles. The largest absolute Gasteiger partial charge is 0.464 e. The molecule has 0 spiro atoms. The van der Waals surface area contributed by atoms with Gasteiger partial charge in [0.2, 0.25) is 0 Å². The summed E-state index contributed by atoms with van der Waals surface area (Å²) in [6.07, 6.45) is 1.81. The Balaban J connectivity index is 1.50. The highest BCUT2D eigenvalue weighted by atomic mass is 32.1. The minimum absolute atomic E-state index is 0.933. The number of thiophene rings is 1. The average molecular weight is 527 g/mol. The van der Waals surface area contributed by atoms with Gasteiger partial charge in [0.05, 0.1) is 6.26 Å². The molecule has 2 heteroatoms. The minimum atomic E-state index is 0.933. The topological polar surface area (TPSA) is 13.1 Å². The Kier molecular flexibility index (Phi) is 4.55. The van der Waals surface area contributed by atoms with Gasteiger partial charge in [-0.1, -0.05) is 103 Å². The maximum atomic E-state index is 5.83. The van der Waals surface area contributed by atoms with Gasteiger partial charge in [-0.15, -0.1) is 11.3 Å². The standard InChI is InChI=1S/C38H22OS/c1-2-11-24-23(9-1)10-7-16-25(24)35-26-12-3-5-14-28(26)36(29-15-6-4-13-27(29)35)31-17-8-18-33-38(31)37-30-21-22-39-32(30)19-20-34(37)40-33/h1-22H. The van der Waals surface area contributed by atoms with Crippen molar-refractivity contribution in [1.29, 1.82) is 0 Å². The van der Waals surface area contributed by atoms with Gasteiger partial charge < -0.3 is 4.42 Å². The maximum absolute atomic E-state index is 5.83. The second-order valence-electron chi connectivity index (χ2n) is 10.4. The second-order valence-corrected chi connectivity index (χ2v) is 11.5. The first-order valence-corrected chi connectivity index (χ1v) is 14.4. The maximum Gasteiger partial charge on any atom is 0.134 e. The Morgan fingerprint density at radius 1 is 0.400 bits per heavy atom. The highest BCUT2D eigenvalue weighted by Gasteiger charge is 2.21. The molecule has 0 radical (unpaired) electrons. The molecule has 7 aromatic carbocycles. The fourth-order valence-electron chi connectivity index (χ4n) is 6.72. The summed E-state index contributed by atoms with van der Waals surface area (Å²) in [5, 5.41) is 11.4. The van der Waals surface area contributed by atoms with Crippen molar-refractivity contribution in [2.24, 2.45) is 0 Å². The molecule has 0 atom stereocenters. The van der Waals surface area contributed by atoms with E-state index in [2.05, 4.69) is 127 Å². The van der Waals surface area contributed by atoms with Crippen LogP contribution in [0.5, 0.6) is 0 Å². The summed E-state index contributed by atoms with van der Waals surface area (Å²) in [6.45, 7) is 0. The van der Waals surface area contributed by atoms with Crippen molar-refractivity contribution < 1.29 is 4.42 Å². The molecule has 0 bridgehead atoms. The van der Waals surface area contributed by atoms with E-state index >= 15 is 0 Å². The van der Waals surface area contributed by atoms with Crippen molar-refractivity contribution in [1.82, 2.24) is 0 Å². The molecule has 2 heterocycles. The second kappa shape index (κ2) is 8.29. The summed E-state index contributed by atoms with van der Waals surface area (Å²) in [5.41, 5.74) is 6.07. The number of furan rings is 1. The normalized spacial score (nSPS) is 12.0. The average Bonchev–Trinajstić information content (AvgIpc) is 3.64. The summed E-state index contributed by atoms with van der Waals surface area (Å²) >= 11 is 1.86. The SMILES string of the molecule is c1ccc2c(-c3c4ccccc4c(-c4cccc5sc6ccc7occc7c6c45)c4ccccc34)cccc2c1. The predicted molar refractivity (Wildman–Crippen MR) is 172 cm³/mol. The first kappa shape index (κ1) is 22.0. The smallest absolute Gasteiger partial charge is 0.134 e. The van der Waals surface area contributed by atoms with Gasteiger partial charge in [-0.2, -0.15) is 0 Å². The molecule has 0 unspecified atom stereocenters. The Bertz CT molecular complexity index is 2380. The van der Waals surface area contributed by atoms with Gasteiger partial charge in [-0.25, -0.2) is 0 Å². The van der Waals surface area contributed by atoms with Crippen LogP contribution in [0.15, 0.2) is 138 Å². The first-order chi connectivity index (χ1) is 19.9. The van der Waals surface area contributed by atoms with Crippen LogP contribution in [0.25, 0.3) is 85.7 Å². The molecule has 0 amide bonds. The number of hydrogen-bond donors (Lipinski definition) is 0. The molecule has 9 aromatic rings. The molecule has 0 aliphatic carbocycles. The van der Waals surface area contributed by atoms with Crippen LogP contribution < -0.4 is 0 Å². The van der Waals surface area contributed by atoms with Crippen molar-refractivity contribution >= 4 is 74.8 Å². The van der Waals surface area contributed by atoms with Gasteiger partial charge >= 0.3 is 0 Å². The molecule has 1 nitrogen and oxygen atoms in total. The zero-order valence-corrected chi connectivity index (χ0v) is 22.3. The molecular weight excluding hydrogens is 504 g/mol. The van der Waals surface area contributed by atoms with Gasteiger partial charge in [0.25, 0.3) is 0 Å². The third kappa shape index (κ3) is 2.97. The Labute approximate surface area is 234 Å². The molecule has 40 heavy (non-hydrogen) atoms. The van der Waals surface area contributed by atoms with Crippen molar-refractivity contribution in [3.05, 3.63) is 134 Å². The van der Waals surface area contributed by atoms with Crippen molar-refractivity contribution in [2.75, 3.05) is 0 Å². The molecule has 0 saturated heterocycles. The molecule has 0 aliphatic heterocycles. The zero-order chi connectivity index (χ0) is 26.2. The van der Waals surface area contributed by atoms with Crippen LogP contribution in [0, 0.1) is 0 Å². The van der Waals surface area contributed by atoms with Crippen LogP contribution >= 0.6 is 11.3 Å². The van der Waals surface area contributed by atoms with E-state index in [9.17, 15) is 0 Å². The summed E-state index contributed by atoms with van der Waals surface area (Å²) < 4.78 is 8.42. The fraction of sp³-hybridized carbons (Fsp3) is 0.